The summed E-state index contributed by atoms with van der Waals surface area (Å²) in [7, 11) is 0. The Morgan fingerprint density at radius 3 is 2.71 bits per heavy atom. The number of para-hydroxylation sites is 2. The van der Waals surface area contributed by atoms with E-state index in [1.807, 2.05) is 47.4 Å². The van der Waals surface area contributed by atoms with Crippen LogP contribution in [0.5, 0.6) is 0 Å². The molecule has 1 unspecified atom stereocenters. The Bertz CT molecular complexity index is 666. The van der Waals surface area contributed by atoms with Gasteiger partial charge in [0.1, 0.15) is 0 Å². The van der Waals surface area contributed by atoms with Crippen LogP contribution < -0.4 is 10.6 Å². The van der Waals surface area contributed by atoms with Crippen molar-refractivity contribution in [1.82, 2.24) is 0 Å². The van der Waals surface area contributed by atoms with Crippen molar-refractivity contribution in [1.29, 1.82) is 0 Å². The normalized spacial score (nSPS) is 17.4. The van der Waals surface area contributed by atoms with Crippen molar-refractivity contribution in [2.45, 2.75) is 32.2 Å². The summed E-state index contributed by atoms with van der Waals surface area (Å²) < 4.78 is 0. The second-order valence-corrected chi connectivity index (χ2v) is 5.66. The van der Waals surface area contributed by atoms with Gasteiger partial charge < -0.3 is 10.6 Å². The van der Waals surface area contributed by atoms with Gasteiger partial charge in [0.25, 0.3) is 0 Å². The van der Waals surface area contributed by atoms with Gasteiger partial charge in [0.2, 0.25) is 5.91 Å². The number of anilines is 2. The molecule has 3 heteroatoms. The first-order valence-corrected chi connectivity index (χ1v) is 7.40. The number of nitrogens with zero attached hydrogens (tertiary/aromatic N) is 1. The molecule has 1 aliphatic rings. The zero-order valence-corrected chi connectivity index (χ0v) is 12.3. The molecule has 21 heavy (non-hydrogen) atoms. The summed E-state index contributed by atoms with van der Waals surface area (Å²) in [6.45, 7) is 2.11. The maximum atomic E-state index is 12.8. The average molecular weight is 280 g/mol. The fraction of sp³-hybridized carbons (Fsp3) is 0.278. The molecule has 2 aromatic rings. The van der Waals surface area contributed by atoms with E-state index in [0.29, 0.717) is 12.1 Å². The number of nitrogens with two attached hydrogens (primary N) is 1. The van der Waals surface area contributed by atoms with Gasteiger partial charge in [-0.1, -0.05) is 36.4 Å². The lowest BCUT2D eigenvalue weighted by molar-refractivity contribution is -0.118. The number of rotatable bonds is 2. The van der Waals surface area contributed by atoms with Crippen molar-refractivity contribution in [2.75, 3.05) is 10.6 Å². The molecule has 0 spiro atoms. The standard InChI is InChI=1S/C18H20N2O/c1-13-10-11-14-6-3-5-9-17(14)20(13)18(21)12-15-7-2-4-8-16(15)19/h2-9,13H,10-12,19H2,1H3. The first-order chi connectivity index (χ1) is 10.2. The Kier molecular flexibility index (Phi) is 3.65. The molecule has 0 aliphatic carbocycles. The monoisotopic (exact) mass is 280 g/mol. The van der Waals surface area contributed by atoms with Crippen LogP contribution in [0.3, 0.4) is 0 Å². The molecule has 1 aliphatic heterocycles. The van der Waals surface area contributed by atoms with Gasteiger partial charge >= 0.3 is 0 Å². The highest BCUT2D eigenvalue weighted by Crippen LogP contribution is 2.31. The van der Waals surface area contributed by atoms with Crippen molar-refractivity contribution >= 4 is 17.3 Å². The van der Waals surface area contributed by atoms with Crippen molar-refractivity contribution < 1.29 is 4.79 Å². The largest absolute Gasteiger partial charge is 0.398 e. The van der Waals surface area contributed by atoms with Crippen LogP contribution in [0.1, 0.15) is 24.5 Å². The minimum absolute atomic E-state index is 0.118. The zero-order valence-electron chi connectivity index (χ0n) is 12.3. The quantitative estimate of drug-likeness (QED) is 0.859. The van der Waals surface area contributed by atoms with E-state index in [9.17, 15) is 4.79 Å². The number of aryl methyl sites for hydroxylation is 1. The molecule has 0 radical (unpaired) electrons. The van der Waals surface area contributed by atoms with E-state index in [-0.39, 0.29) is 11.9 Å². The molecule has 0 aromatic heterocycles. The lowest BCUT2D eigenvalue weighted by Crippen LogP contribution is -2.43. The summed E-state index contributed by atoms with van der Waals surface area (Å²) in [6.07, 6.45) is 2.40. The predicted molar refractivity (Wildman–Crippen MR) is 86.3 cm³/mol. The number of fused-ring (bicyclic) bond motifs is 1. The summed E-state index contributed by atoms with van der Waals surface area (Å²) in [6, 6.07) is 16.0. The molecular formula is C18H20N2O. The van der Waals surface area contributed by atoms with Crippen LogP contribution in [0.25, 0.3) is 0 Å². The maximum absolute atomic E-state index is 12.8. The molecule has 2 N–H and O–H groups in total. The summed E-state index contributed by atoms with van der Waals surface area (Å²) in [5, 5.41) is 0. The van der Waals surface area contributed by atoms with Gasteiger partial charge in [-0.25, -0.2) is 0 Å². The molecule has 0 fully saturated rings. The highest BCUT2D eigenvalue weighted by atomic mass is 16.2. The first-order valence-electron chi connectivity index (χ1n) is 7.40. The Labute approximate surface area is 125 Å². The number of nitrogen functional groups attached to an aromatic ring is 1. The number of hydrogen-bond donors (Lipinski definition) is 1. The van der Waals surface area contributed by atoms with Gasteiger partial charge in [0.05, 0.1) is 6.42 Å². The molecule has 108 valence electrons. The Morgan fingerprint density at radius 1 is 1.19 bits per heavy atom. The average Bonchev–Trinajstić information content (AvgIpc) is 2.49. The highest BCUT2D eigenvalue weighted by molar-refractivity contribution is 5.97. The molecule has 0 bridgehead atoms. The van der Waals surface area contributed by atoms with E-state index in [0.717, 1.165) is 24.1 Å². The van der Waals surface area contributed by atoms with E-state index < -0.39 is 0 Å². The predicted octanol–water partition coefficient (Wildman–Crippen LogP) is 3.18. The number of hydrogen-bond acceptors (Lipinski definition) is 2. The third-order valence-electron chi connectivity index (χ3n) is 4.19. The van der Waals surface area contributed by atoms with Gasteiger partial charge in [-0.3, -0.25) is 4.79 Å². The third kappa shape index (κ3) is 2.64. The second kappa shape index (κ2) is 5.60. The van der Waals surface area contributed by atoms with E-state index in [2.05, 4.69) is 13.0 Å². The minimum atomic E-state index is 0.118. The van der Waals surface area contributed by atoms with E-state index >= 15 is 0 Å². The van der Waals surface area contributed by atoms with Crippen LogP contribution >= 0.6 is 0 Å². The second-order valence-electron chi connectivity index (χ2n) is 5.66. The van der Waals surface area contributed by atoms with Crippen LogP contribution in [0.15, 0.2) is 48.5 Å². The minimum Gasteiger partial charge on any atom is -0.398 e. The van der Waals surface area contributed by atoms with Gasteiger partial charge in [-0.05, 0) is 43.0 Å². The number of carbonyl (C=O) groups is 1. The summed E-state index contributed by atoms with van der Waals surface area (Å²) in [4.78, 5) is 14.7. The van der Waals surface area contributed by atoms with Gasteiger partial charge in [-0.2, -0.15) is 0 Å². The van der Waals surface area contributed by atoms with Crippen molar-refractivity contribution in [3.8, 4) is 0 Å². The van der Waals surface area contributed by atoms with E-state index in [4.69, 9.17) is 5.73 Å². The molecule has 1 atom stereocenters. The molecule has 3 rings (SSSR count). The van der Waals surface area contributed by atoms with E-state index in [1.54, 1.807) is 0 Å². The molecule has 1 heterocycles. The number of benzene rings is 2. The van der Waals surface area contributed by atoms with Gasteiger partial charge in [-0.15, -0.1) is 0 Å². The molecule has 0 saturated carbocycles. The van der Waals surface area contributed by atoms with Crippen molar-refractivity contribution in [2.24, 2.45) is 0 Å². The maximum Gasteiger partial charge on any atom is 0.231 e. The van der Waals surface area contributed by atoms with Crippen molar-refractivity contribution in [3.63, 3.8) is 0 Å². The lowest BCUT2D eigenvalue weighted by Gasteiger charge is -2.35. The fourth-order valence-corrected chi connectivity index (χ4v) is 3.01. The molecule has 1 amide bonds. The number of carbonyl (C=O) groups excluding carboxylic acids is 1. The smallest absolute Gasteiger partial charge is 0.231 e. The van der Waals surface area contributed by atoms with Gasteiger partial charge in [0.15, 0.2) is 0 Å². The number of amides is 1. The topological polar surface area (TPSA) is 46.3 Å². The van der Waals surface area contributed by atoms with Crippen LogP contribution in [0.2, 0.25) is 0 Å². The van der Waals surface area contributed by atoms with Gasteiger partial charge in [0, 0.05) is 17.4 Å². The van der Waals surface area contributed by atoms with Crippen LogP contribution in [0.4, 0.5) is 11.4 Å². The highest BCUT2D eigenvalue weighted by Gasteiger charge is 2.27. The molecule has 0 saturated heterocycles. The summed E-state index contributed by atoms with van der Waals surface area (Å²) in [5.74, 6) is 0.118. The SMILES string of the molecule is CC1CCc2ccccc2N1C(=O)Cc1ccccc1N. The third-order valence-corrected chi connectivity index (χ3v) is 4.19. The first kappa shape index (κ1) is 13.7. The summed E-state index contributed by atoms with van der Waals surface area (Å²) >= 11 is 0. The molecule has 2 aromatic carbocycles. The Morgan fingerprint density at radius 2 is 1.90 bits per heavy atom. The molecule has 3 nitrogen and oxygen atoms in total. The Balaban J connectivity index is 1.89. The van der Waals surface area contributed by atoms with Crippen LogP contribution in [-0.2, 0) is 17.6 Å². The molecular weight excluding hydrogens is 260 g/mol. The van der Waals surface area contributed by atoms with Crippen molar-refractivity contribution in [3.05, 3.63) is 59.7 Å². The fourth-order valence-electron chi connectivity index (χ4n) is 3.01. The van der Waals surface area contributed by atoms with Crippen LogP contribution in [-0.4, -0.2) is 11.9 Å². The zero-order chi connectivity index (χ0) is 14.8. The summed E-state index contributed by atoms with van der Waals surface area (Å²) in [5.41, 5.74) is 9.85. The van der Waals surface area contributed by atoms with Crippen LogP contribution in [0, 0.1) is 0 Å². The Hall–Kier alpha value is -2.29. The van der Waals surface area contributed by atoms with E-state index in [1.165, 1.54) is 5.56 Å². The lowest BCUT2D eigenvalue weighted by atomic mass is 9.95.